The number of nitrogens with zero attached hydrogens (tertiary/aromatic N) is 2. The number of rotatable bonds is 7. The summed E-state index contributed by atoms with van der Waals surface area (Å²) in [5.74, 6) is 0.120. The number of fused-ring (bicyclic) bond motifs is 1. The Morgan fingerprint density at radius 2 is 2.03 bits per heavy atom. The van der Waals surface area contributed by atoms with Gasteiger partial charge >= 0.3 is 0 Å². The number of hydrogen-bond acceptors (Lipinski definition) is 4. The van der Waals surface area contributed by atoms with Crippen molar-refractivity contribution in [2.75, 3.05) is 52.5 Å². The normalized spacial score (nSPS) is 20.6. The predicted octanol–water partition coefficient (Wildman–Crippen LogP) is 1.71. The first-order valence-electron chi connectivity index (χ1n) is 11.0. The van der Waals surface area contributed by atoms with Gasteiger partial charge < -0.3 is 19.9 Å². The van der Waals surface area contributed by atoms with Crippen LogP contribution >= 0.6 is 0 Å². The summed E-state index contributed by atoms with van der Waals surface area (Å²) in [6, 6.07) is 8.27. The van der Waals surface area contributed by atoms with E-state index >= 15 is 0 Å². The standard InChI is InChI=1S/C23H32N4O3/c1-17-19(20-4-2-3-5-21(20)25-17)8-9-24-23(29)18-6-7-22(28)27(16-18)11-10-26-12-14-30-15-13-26/h2-5,18,25H,6-16H2,1H3,(H,24,29). The lowest BCUT2D eigenvalue weighted by molar-refractivity contribution is -0.138. The van der Waals surface area contributed by atoms with Crippen molar-refractivity contribution in [3.8, 4) is 0 Å². The number of ether oxygens (including phenoxy) is 1. The molecule has 2 aliphatic heterocycles. The van der Waals surface area contributed by atoms with Gasteiger partial charge in [0.2, 0.25) is 11.8 Å². The summed E-state index contributed by atoms with van der Waals surface area (Å²) >= 11 is 0. The maximum atomic E-state index is 12.7. The number of morpholine rings is 1. The third-order valence-electron chi connectivity index (χ3n) is 6.36. The van der Waals surface area contributed by atoms with E-state index in [9.17, 15) is 9.59 Å². The molecule has 162 valence electrons. The number of carbonyl (C=O) groups excluding carboxylic acids is 2. The lowest BCUT2D eigenvalue weighted by Gasteiger charge is -2.34. The van der Waals surface area contributed by atoms with E-state index < -0.39 is 0 Å². The number of para-hydroxylation sites is 1. The molecule has 2 amide bonds. The Hall–Kier alpha value is -2.38. The molecular weight excluding hydrogens is 380 g/mol. The van der Waals surface area contributed by atoms with Crippen molar-refractivity contribution in [2.45, 2.75) is 26.2 Å². The Kier molecular flexibility index (Phi) is 6.69. The van der Waals surface area contributed by atoms with Gasteiger partial charge in [-0.05, 0) is 31.4 Å². The minimum absolute atomic E-state index is 0.0661. The molecule has 2 N–H and O–H groups in total. The Morgan fingerprint density at radius 1 is 1.23 bits per heavy atom. The van der Waals surface area contributed by atoms with E-state index in [4.69, 9.17) is 4.74 Å². The third kappa shape index (κ3) is 4.84. The van der Waals surface area contributed by atoms with Gasteiger partial charge in [-0.25, -0.2) is 0 Å². The van der Waals surface area contributed by atoms with Crippen molar-refractivity contribution in [1.29, 1.82) is 0 Å². The molecule has 2 aliphatic rings. The van der Waals surface area contributed by atoms with E-state index in [1.54, 1.807) is 0 Å². The average Bonchev–Trinajstić information content (AvgIpc) is 3.09. The number of carbonyl (C=O) groups is 2. The van der Waals surface area contributed by atoms with E-state index in [1.807, 2.05) is 17.0 Å². The molecule has 2 fully saturated rings. The van der Waals surface area contributed by atoms with Crippen molar-refractivity contribution < 1.29 is 14.3 Å². The zero-order valence-corrected chi connectivity index (χ0v) is 17.8. The molecule has 1 unspecified atom stereocenters. The molecule has 3 heterocycles. The van der Waals surface area contributed by atoms with Crippen LogP contribution in [0, 0.1) is 12.8 Å². The fraction of sp³-hybridized carbons (Fsp3) is 0.565. The molecule has 0 aliphatic carbocycles. The van der Waals surface area contributed by atoms with Gasteiger partial charge in [-0.3, -0.25) is 14.5 Å². The van der Waals surface area contributed by atoms with Crippen LogP contribution in [0.15, 0.2) is 24.3 Å². The fourth-order valence-corrected chi connectivity index (χ4v) is 4.54. The number of aromatic amines is 1. The molecule has 1 aromatic heterocycles. The van der Waals surface area contributed by atoms with Crippen LogP contribution in [0.2, 0.25) is 0 Å². The Bertz CT molecular complexity index is 888. The quantitative estimate of drug-likeness (QED) is 0.726. The lowest BCUT2D eigenvalue weighted by atomic mass is 9.96. The van der Waals surface area contributed by atoms with E-state index in [0.717, 1.165) is 50.5 Å². The van der Waals surface area contributed by atoms with Crippen molar-refractivity contribution in [1.82, 2.24) is 20.1 Å². The highest BCUT2D eigenvalue weighted by atomic mass is 16.5. The molecule has 4 rings (SSSR count). The van der Waals surface area contributed by atoms with Crippen molar-refractivity contribution in [3.63, 3.8) is 0 Å². The van der Waals surface area contributed by atoms with Crippen LogP contribution in [0.1, 0.15) is 24.1 Å². The van der Waals surface area contributed by atoms with Gasteiger partial charge in [0, 0.05) is 62.3 Å². The number of H-pyrrole nitrogens is 1. The van der Waals surface area contributed by atoms with Crippen molar-refractivity contribution in [3.05, 3.63) is 35.5 Å². The van der Waals surface area contributed by atoms with Crippen LogP contribution in [0.4, 0.5) is 0 Å². The van der Waals surface area contributed by atoms with E-state index in [1.165, 1.54) is 10.9 Å². The van der Waals surface area contributed by atoms with E-state index in [0.29, 0.717) is 32.5 Å². The van der Waals surface area contributed by atoms with Gasteiger partial charge in [-0.15, -0.1) is 0 Å². The molecular formula is C23H32N4O3. The number of aryl methyl sites for hydroxylation is 1. The maximum Gasteiger partial charge on any atom is 0.224 e. The molecule has 0 saturated carbocycles. The smallest absolute Gasteiger partial charge is 0.224 e. The van der Waals surface area contributed by atoms with Gasteiger partial charge in [-0.1, -0.05) is 18.2 Å². The summed E-state index contributed by atoms with van der Waals surface area (Å²) in [5, 5.41) is 4.33. The molecule has 2 aromatic rings. The number of piperidine rings is 1. The van der Waals surface area contributed by atoms with Crippen LogP contribution in [0.5, 0.6) is 0 Å². The Balaban J connectivity index is 1.26. The molecule has 7 nitrogen and oxygen atoms in total. The summed E-state index contributed by atoms with van der Waals surface area (Å²) in [7, 11) is 0. The third-order valence-corrected chi connectivity index (χ3v) is 6.36. The van der Waals surface area contributed by atoms with Crippen LogP contribution in [0.3, 0.4) is 0 Å². The second kappa shape index (κ2) is 9.62. The van der Waals surface area contributed by atoms with Crippen molar-refractivity contribution in [2.24, 2.45) is 5.92 Å². The number of hydrogen-bond donors (Lipinski definition) is 2. The van der Waals surface area contributed by atoms with Gasteiger partial charge in [0.25, 0.3) is 0 Å². The van der Waals surface area contributed by atoms with Gasteiger partial charge in [0.05, 0.1) is 19.1 Å². The van der Waals surface area contributed by atoms with Crippen LogP contribution in [0.25, 0.3) is 10.9 Å². The largest absolute Gasteiger partial charge is 0.379 e. The van der Waals surface area contributed by atoms with Gasteiger partial charge in [-0.2, -0.15) is 0 Å². The number of amides is 2. The summed E-state index contributed by atoms with van der Waals surface area (Å²) in [5.41, 5.74) is 3.55. The molecule has 1 aromatic carbocycles. The van der Waals surface area contributed by atoms with Crippen LogP contribution in [-0.2, 0) is 20.7 Å². The zero-order valence-electron chi connectivity index (χ0n) is 17.8. The number of nitrogens with one attached hydrogen (secondary N) is 2. The number of likely N-dealkylation sites (tertiary alicyclic amines) is 1. The minimum atomic E-state index is -0.114. The first-order valence-corrected chi connectivity index (χ1v) is 11.0. The first kappa shape index (κ1) is 20.9. The second-order valence-electron chi connectivity index (χ2n) is 8.34. The topological polar surface area (TPSA) is 77.7 Å². The zero-order chi connectivity index (χ0) is 20.9. The van der Waals surface area contributed by atoms with Crippen LogP contribution in [-0.4, -0.2) is 79.1 Å². The molecule has 0 spiro atoms. The molecule has 0 radical (unpaired) electrons. The molecule has 1 atom stereocenters. The lowest BCUT2D eigenvalue weighted by Crippen LogP contribution is -2.49. The van der Waals surface area contributed by atoms with Gasteiger partial charge in [0.1, 0.15) is 0 Å². The highest BCUT2D eigenvalue weighted by Crippen LogP contribution is 2.22. The average molecular weight is 413 g/mol. The molecule has 0 bridgehead atoms. The predicted molar refractivity (Wildman–Crippen MR) is 116 cm³/mol. The SMILES string of the molecule is Cc1[nH]c2ccccc2c1CCNC(=O)C1CCC(=O)N(CCN2CCOCC2)C1. The van der Waals surface area contributed by atoms with E-state index in [2.05, 4.69) is 34.3 Å². The highest BCUT2D eigenvalue weighted by Gasteiger charge is 2.30. The first-order chi connectivity index (χ1) is 14.6. The fourth-order valence-electron chi connectivity index (χ4n) is 4.54. The Morgan fingerprint density at radius 3 is 2.87 bits per heavy atom. The number of aromatic nitrogens is 1. The van der Waals surface area contributed by atoms with Crippen LogP contribution < -0.4 is 5.32 Å². The van der Waals surface area contributed by atoms with E-state index in [-0.39, 0.29) is 17.7 Å². The van der Waals surface area contributed by atoms with Gasteiger partial charge in [0.15, 0.2) is 0 Å². The molecule has 30 heavy (non-hydrogen) atoms. The second-order valence-corrected chi connectivity index (χ2v) is 8.34. The summed E-state index contributed by atoms with van der Waals surface area (Å²) in [6.45, 7) is 8.11. The monoisotopic (exact) mass is 412 g/mol. The number of benzene rings is 1. The molecule has 2 saturated heterocycles. The summed E-state index contributed by atoms with van der Waals surface area (Å²) < 4.78 is 5.38. The Labute approximate surface area is 177 Å². The minimum Gasteiger partial charge on any atom is -0.379 e. The van der Waals surface area contributed by atoms with Crippen molar-refractivity contribution >= 4 is 22.7 Å². The highest BCUT2D eigenvalue weighted by molar-refractivity contribution is 5.85. The maximum absolute atomic E-state index is 12.7. The molecule has 7 heteroatoms. The summed E-state index contributed by atoms with van der Waals surface area (Å²) in [6.07, 6.45) is 1.90. The summed E-state index contributed by atoms with van der Waals surface area (Å²) in [4.78, 5) is 32.7.